The van der Waals surface area contributed by atoms with Crippen LogP contribution in [0.4, 0.5) is 0 Å². The highest BCUT2D eigenvalue weighted by Gasteiger charge is 2.27. The summed E-state index contributed by atoms with van der Waals surface area (Å²) >= 11 is 0. The van der Waals surface area contributed by atoms with Gasteiger partial charge in [-0.15, -0.1) is 0 Å². The minimum atomic E-state index is -0.0422. The predicted octanol–water partition coefficient (Wildman–Crippen LogP) is 3.70. The zero-order chi connectivity index (χ0) is 17.5. The van der Waals surface area contributed by atoms with Gasteiger partial charge in [0, 0.05) is 35.5 Å². The third-order valence-electron chi connectivity index (χ3n) is 5.13. The maximum absolute atomic E-state index is 12.6. The number of benzene rings is 2. The molecule has 1 fully saturated rings. The average Bonchev–Trinajstić information content (AvgIpc) is 3.19. The molecule has 5 rings (SSSR count). The molecule has 5 nitrogen and oxygen atoms in total. The second-order valence-electron chi connectivity index (χ2n) is 7.00. The third kappa shape index (κ3) is 2.79. The number of nitrogens with one attached hydrogen (secondary N) is 2. The van der Waals surface area contributed by atoms with Crippen molar-refractivity contribution in [3.63, 3.8) is 0 Å². The highest BCUT2D eigenvalue weighted by atomic mass is 16.7. The summed E-state index contributed by atoms with van der Waals surface area (Å²) in [6, 6.07) is 14.5. The zero-order valence-corrected chi connectivity index (χ0v) is 14.3. The lowest BCUT2D eigenvalue weighted by atomic mass is 9.87. The molecule has 1 saturated carbocycles. The lowest BCUT2D eigenvalue weighted by molar-refractivity contribution is -0.121. The van der Waals surface area contributed by atoms with Crippen LogP contribution in [0, 0.1) is 0 Å². The van der Waals surface area contributed by atoms with E-state index in [2.05, 4.69) is 22.4 Å². The topological polar surface area (TPSA) is 63.4 Å². The van der Waals surface area contributed by atoms with E-state index in [1.54, 1.807) is 0 Å². The first-order valence-corrected chi connectivity index (χ1v) is 9.03. The smallest absolute Gasteiger partial charge is 0.231 e. The molecule has 0 unspecified atom stereocenters. The fraction of sp³-hybridized carbons (Fsp3) is 0.286. The molecule has 0 spiro atoms. The summed E-state index contributed by atoms with van der Waals surface area (Å²) in [5, 5.41) is 4.26. The first-order valence-electron chi connectivity index (χ1n) is 9.03. The number of para-hydroxylation sites is 1. The van der Waals surface area contributed by atoms with Crippen LogP contribution in [0.2, 0.25) is 0 Å². The summed E-state index contributed by atoms with van der Waals surface area (Å²) in [6.07, 6.45) is 4.61. The number of carbonyl (C=O) groups excluding carboxylic acids is 1. The fourth-order valence-electron chi connectivity index (χ4n) is 3.62. The Bertz CT molecular complexity index is 974. The monoisotopic (exact) mass is 348 g/mol. The van der Waals surface area contributed by atoms with E-state index in [-0.39, 0.29) is 18.6 Å². The van der Waals surface area contributed by atoms with E-state index < -0.39 is 0 Å². The Morgan fingerprint density at radius 2 is 2.00 bits per heavy atom. The Morgan fingerprint density at radius 1 is 1.15 bits per heavy atom. The molecule has 3 aromatic rings. The van der Waals surface area contributed by atoms with Crippen LogP contribution in [0.5, 0.6) is 11.5 Å². The highest BCUT2D eigenvalue weighted by Crippen LogP contribution is 2.39. The van der Waals surface area contributed by atoms with Gasteiger partial charge >= 0.3 is 0 Å². The normalized spacial score (nSPS) is 16.6. The molecule has 132 valence electrons. The van der Waals surface area contributed by atoms with Crippen molar-refractivity contribution in [3.05, 3.63) is 59.8 Å². The molecule has 1 aliphatic heterocycles. The van der Waals surface area contributed by atoms with Crippen molar-refractivity contribution in [2.75, 3.05) is 6.79 Å². The van der Waals surface area contributed by atoms with Crippen LogP contribution in [0.3, 0.4) is 0 Å². The number of aromatic nitrogens is 1. The minimum Gasteiger partial charge on any atom is -0.454 e. The summed E-state index contributed by atoms with van der Waals surface area (Å²) in [5.41, 5.74) is 3.27. The standard InChI is InChI=1S/C21H20N2O3/c24-21(23-14-6-7-14)10-16(13-5-8-19-20(9-13)26-12-25-19)17-11-22-18-4-2-1-3-15(17)18/h1-5,8-9,11,14,16,22H,6-7,10,12H2,(H,23,24)/t16-/m0/s1. The number of ether oxygens (including phenoxy) is 2. The number of carbonyl (C=O) groups is 1. The van der Waals surface area contributed by atoms with Gasteiger partial charge in [-0.05, 0) is 42.2 Å². The lowest BCUT2D eigenvalue weighted by Gasteiger charge is -2.17. The summed E-state index contributed by atoms with van der Waals surface area (Å²) in [4.78, 5) is 15.9. The molecule has 2 N–H and O–H groups in total. The minimum absolute atomic E-state index is 0.0422. The van der Waals surface area contributed by atoms with Crippen LogP contribution < -0.4 is 14.8 Å². The van der Waals surface area contributed by atoms with E-state index in [0.717, 1.165) is 46.4 Å². The van der Waals surface area contributed by atoms with Gasteiger partial charge in [0.15, 0.2) is 11.5 Å². The van der Waals surface area contributed by atoms with E-state index in [9.17, 15) is 4.79 Å². The number of fused-ring (bicyclic) bond motifs is 2. The maximum Gasteiger partial charge on any atom is 0.231 e. The largest absolute Gasteiger partial charge is 0.454 e. The number of hydrogen-bond acceptors (Lipinski definition) is 3. The second-order valence-corrected chi connectivity index (χ2v) is 7.00. The molecule has 0 bridgehead atoms. The van der Waals surface area contributed by atoms with Crippen LogP contribution in [0.1, 0.15) is 36.3 Å². The van der Waals surface area contributed by atoms with Crippen molar-refractivity contribution in [2.24, 2.45) is 0 Å². The fourth-order valence-corrected chi connectivity index (χ4v) is 3.62. The van der Waals surface area contributed by atoms with Gasteiger partial charge in [0.2, 0.25) is 12.7 Å². The Balaban J connectivity index is 1.54. The zero-order valence-electron chi connectivity index (χ0n) is 14.3. The Labute approximate surface area is 151 Å². The van der Waals surface area contributed by atoms with Crippen molar-refractivity contribution in [1.29, 1.82) is 0 Å². The van der Waals surface area contributed by atoms with E-state index in [4.69, 9.17) is 9.47 Å². The molecule has 5 heteroatoms. The van der Waals surface area contributed by atoms with Gasteiger partial charge in [0.25, 0.3) is 0 Å². The molecule has 1 aromatic heterocycles. The van der Waals surface area contributed by atoms with Crippen LogP contribution in [-0.4, -0.2) is 23.7 Å². The molecule has 2 heterocycles. The molecule has 0 saturated heterocycles. The van der Waals surface area contributed by atoms with Crippen LogP contribution >= 0.6 is 0 Å². The molecule has 2 aromatic carbocycles. The van der Waals surface area contributed by atoms with Crippen LogP contribution in [-0.2, 0) is 4.79 Å². The third-order valence-corrected chi connectivity index (χ3v) is 5.13. The van der Waals surface area contributed by atoms with Gasteiger partial charge in [-0.25, -0.2) is 0 Å². The van der Waals surface area contributed by atoms with Crippen LogP contribution in [0.25, 0.3) is 10.9 Å². The Hall–Kier alpha value is -2.95. The van der Waals surface area contributed by atoms with Gasteiger partial charge in [-0.3, -0.25) is 4.79 Å². The highest BCUT2D eigenvalue weighted by molar-refractivity contribution is 5.86. The van der Waals surface area contributed by atoms with Crippen molar-refractivity contribution < 1.29 is 14.3 Å². The molecule has 1 atom stereocenters. The number of amides is 1. The van der Waals surface area contributed by atoms with Crippen molar-refractivity contribution in [1.82, 2.24) is 10.3 Å². The quantitative estimate of drug-likeness (QED) is 0.739. The van der Waals surface area contributed by atoms with Crippen molar-refractivity contribution in [2.45, 2.75) is 31.2 Å². The molecule has 26 heavy (non-hydrogen) atoms. The molecule has 1 aliphatic carbocycles. The van der Waals surface area contributed by atoms with Crippen molar-refractivity contribution >= 4 is 16.8 Å². The van der Waals surface area contributed by atoms with Gasteiger partial charge in [0.05, 0.1) is 0 Å². The first-order chi connectivity index (χ1) is 12.8. The second kappa shape index (κ2) is 6.09. The van der Waals surface area contributed by atoms with E-state index in [0.29, 0.717) is 12.5 Å². The lowest BCUT2D eigenvalue weighted by Crippen LogP contribution is -2.27. The van der Waals surface area contributed by atoms with Gasteiger partial charge < -0.3 is 19.8 Å². The van der Waals surface area contributed by atoms with Gasteiger partial charge in [-0.1, -0.05) is 24.3 Å². The summed E-state index contributed by atoms with van der Waals surface area (Å²) in [6.45, 7) is 0.249. The van der Waals surface area contributed by atoms with Crippen LogP contribution in [0.15, 0.2) is 48.7 Å². The molecule has 2 aliphatic rings. The summed E-state index contributed by atoms with van der Waals surface area (Å²) < 4.78 is 11.0. The SMILES string of the molecule is O=C(C[C@@H](c1ccc2c(c1)OCO2)c1c[nH]c2ccccc12)NC1CC1. The molecular formula is C21H20N2O3. The first kappa shape index (κ1) is 15.3. The molecule has 1 amide bonds. The Kier molecular flexibility index (Phi) is 3.59. The van der Waals surface area contributed by atoms with E-state index >= 15 is 0 Å². The number of aromatic amines is 1. The molecular weight excluding hydrogens is 328 g/mol. The summed E-state index contributed by atoms with van der Waals surface area (Å²) in [7, 11) is 0. The Morgan fingerprint density at radius 3 is 2.88 bits per heavy atom. The number of rotatable bonds is 5. The van der Waals surface area contributed by atoms with Gasteiger partial charge in [0.1, 0.15) is 0 Å². The average molecular weight is 348 g/mol. The number of hydrogen-bond donors (Lipinski definition) is 2. The maximum atomic E-state index is 12.6. The van der Waals surface area contributed by atoms with Gasteiger partial charge in [-0.2, -0.15) is 0 Å². The van der Waals surface area contributed by atoms with E-state index in [1.807, 2.05) is 36.5 Å². The predicted molar refractivity (Wildman–Crippen MR) is 98.5 cm³/mol. The van der Waals surface area contributed by atoms with E-state index in [1.165, 1.54) is 0 Å². The summed E-state index contributed by atoms with van der Waals surface area (Å²) in [5.74, 6) is 1.56. The molecule has 0 radical (unpaired) electrons. The van der Waals surface area contributed by atoms with Crippen molar-refractivity contribution in [3.8, 4) is 11.5 Å². The number of H-pyrrole nitrogens is 1.